The quantitative estimate of drug-likeness (QED) is 0.691. The van der Waals surface area contributed by atoms with Gasteiger partial charge in [-0.3, -0.25) is 4.99 Å². The number of para-hydroxylation sites is 1. The number of hydrogen-bond acceptors (Lipinski definition) is 1. The summed E-state index contributed by atoms with van der Waals surface area (Å²) in [5.74, 6) is 0. The normalized spacial score (nSPS) is 16.7. The van der Waals surface area contributed by atoms with Crippen molar-refractivity contribution in [3.05, 3.63) is 29.8 Å². The minimum absolute atomic E-state index is 0.236. The Hall–Kier alpha value is -1.11. The largest absolute Gasteiger partial charge is 0.260 e. The van der Waals surface area contributed by atoms with Gasteiger partial charge in [0.25, 0.3) is 0 Å². The molecule has 0 radical (unpaired) electrons. The molecule has 80 valence electrons. The minimum Gasteiger partial charge on any atom is -0.260 e. The molecule has 0 unspecified atom stereocenters. The predicted octanol–water partition coefficient (Wildman–Crippen LogP) is 4.24. The van der Waals surface area contributed by atoms with E-state index in [2.05, 4.69) is 49.3 Å². The molecule has 1 heterocycles. The van der Waals surface area contributed by atoms with Crippen LogP contribution in [0.25, 0.3) is 0 Å². The number of aliphatic imine (C=N–C) groups is 1. The van der Waals surface area contributed by atoms with Gasteiger partial charge in [-0.1, -0.05) is 44.9 Å². The number of fused-ring (bicyclic) bond motifs is 1. The first-order chi connectivity index (χ1) is 7.32. The highest BCUT2D eigenvalue weighted by Crippen LogP contribution is 2.42. The molecule has 1 aromatic rings. The summed E-state index contributed by atoms with van der Waals surface area (Å²) < 4.78 is 0. The second-order valence-corrected chi connectivity index (χ2v) is 4.43. The second-order valence-electron chi connectivity index (χ2n) is 4.43. The lowest BCUT2D eigenvalue weighted by Gasteiger charge is -2.26. The molecule has 0 atom stereocenters. The Morgan fingerprint density at radius 1 is 1.07 bits per heavy atom. The van der Waals surface area contributed by atoms with Gasteiger partial charge in [0.2, 0.25) is 0 Å². The van der Waals surface area contributed by atoms with Gasteiger partial charge in [-0.2, -0.15) is 0 Å². The Morgan fingerprint density at radius 3 is 2.40 bits per heavy atom. The molecule has 2 rings (SSSR count). The van der Waals surface area contributed by atoms with E-state index in [-0.39, 0.29) is 5.41 Å². The van der Waals surface area contributed by atoms with Crippen LogP contribution in [0.15, 0.2) is 29.3 Å². The van der Waals surface area contributed by atoms with Gasteiger partial charge in [-0.25, -0.2) is 0 Å². The zero-order valence-electron chi connectivity index (χ0n) is 9.66. The van der Waals surface area contributed by atoms with E-state index in [9.17, 15) is 0 Å². The van der Waals surface area contributed by atoms with Crippen LogP contribution in [0, 0.1) is 0 Å². The van der Waals surface area contributed by atoms with Crippen LogP contribution < -0.4 is 0 Å². The van der Waals surface area contributed by atoms with E-state index < -0.39 is 0 Å². The Balaban J connectivity index is 2.39. The van der Waals surface area contributed by atoms with Crippen molar-refractivity contribution in [2.45, 2.75) is 44.9 Å². The molecule has 0 saturated carbocycles. The van der Waals surface area contributed by atoms with Gasteiger partial charge in [0.15, 0.2) is 0 Å². The van der Waals surface area contributed by atoms with E-state index in [1.807, 2.05) is 0 Å². The van der Waals surface area contributed by atoms with E-state index >= 15 is 0 Å². The number of benzene rings is 1. The lowest BCUT2D eigenvalue weighted by atomic mass is 9.75. The lowest BCUT2D eigenvalue weighted by molar-refractivity contribution is 0.489. The predicted molar refractivity (Wildman–Crippen MR) is 66.1 cm³/mol. The molecule has 15 heavy (non-hydrogen) atoms. The van der Waals surface area contributed by atoms with Crippen molar-refractivity contribution in [1.82, 2.24) is 0 Å². The van der Waals surface area contributed by atoms with Crippen molar-refractivity contribution in [2.75, 3.05) is 0 Å². The van der Waals surface area contributed by atoms with E-state index in [1.54, 1.807) is 0 Å². The molecule has 0 aromatic heterocycles. The first kappa shape index (κ1) is 10.4. The Morgan fingerprint density at radius 2 is 1.73 bits per heavy atom. The van der Waals surface area contributed by atoms with Crippen LogP contribution in [0.5, 0.6) is 0 Å². The molecule has 1 aromatic carbocycles. The maximum atomic E-state index is 4.57. The summed E-state index contributed by atoms with van der Waals surface area (Å²) in [5.41, 5.74) is 2.85. The fourth-order valence-electron chi connectivity index (χ4n) is 2.69. The zero-order valence-corrected chi connectivity index (χ0v) is 9.66. The maximum Gasteiger partial charge on any atom is 0.0667 e. The van der Waals surface area contributed by atoms with Gasteiger partial charge >= 0.3 is 0 Å². The van der Waals surface area contributed by atoms with Crippen LogP contribution in [0.1, 0.15) is 45.1 Å². The van der Waals surface area contributed by atoms with Crippen molar-refractivity contribution in [3.63, 3.8) is 0 Å². The van der Waals surface area contributed by atoms with Crippen molar-refractivity contribution in [3.8, 4) is 0 Å². The standard InChI is InChI=1S/C14H19N/c1-3-9-14(10-4-2)11-15-13-8-6-5-7-12(13)14/h5-8,11H,3-4,9-10H2,1-2H3. The van der Waals surface area contributed by atoms with Gasteiger partial charge < -0.3 is 0 Å². The highest BCUT2D eigenvalue weighted by Gasteiger charge is 2.34. The van der Waals surface area contributed by atoms with Crippen LogP contribution in [0.2, 0.25) is 0 Å². The van der Waals surface area contributed by atoms with Crippen molar-refractivity contribution < 1.29 is 0 Å². The molecule has 0 spiro atoms. The average molecular weight is 201 g/mol. The van der Waals surface area contributed by atoms with Crippen molar-refractivity contribution in [1.29, 1.82) is 0 Å². The molecule has 1 aliphatic rings. The average Bonchev–Trinajstić information content (AvgIpc) is 2.60. The van der Waals surface area contributed by atoms with Crippen LogP contribution in [0.4, 0.5) is 5.69 Å². The Kier molecular flexibility index (Phi) is 2.90. The fourth-order valence-corrected chi connectivity index (χ4v) is 2.69. The summed E-state index contributed by atoms with van der Waals surface area (Å²) in [5, 5.41) is 0. The molecule has 0 N–H and O–H groups in total. The van der Waals surface area contributed by atoms with Crippen LogP contribution >= 0.6 is 0 Å². The molecule has 0 saturated heterocycles. The van der Waals surface area contributed by atoms with E-state index in [0.717, 1.165) is 0 Å². The summed E-state index contributed by atoms with van der Waals surface area (Å²) >= 11 is 0. The summed E-state index contributed by atoms with van der Waals surface area (Å²) in [6.45, 7) is 4.51. The summed E-state index contributed by atoms with van der Waals surface area (Å²) in [6, 6.07) is 8.57. The number of hydrogen-bond donors (Lipinski definition) is 0. The Bertz CT molecular complexity index is 359. The van der Waals surface area contributed by atoms with Gasteiger partial charge in [0.1, 0.15) is 0 Å². The first-order valence-electron chi connectivity index (χ1n) is 5.97. The van der Waals surface area contributed by atoms with E-state index in [0.29, 0.717) is 0 Å². The zero-order chi connectivity index (χ0) is 10.7. The summed E-state index contributed by atoms with van der Waals surface area (Å²) in [7, 11) is 0. The van der Waals surface area contributed by atoms with Crippen LogP contribution in [-0.2, 0) is 5.41 Å². The third-order valence-electron chi connectivity index (χ3n) is 3.28. The lowest BCUT2D eigenvalue weighted by Crippen LogP contribution is -2.25. The van der Waals surface area contributed by atoms with Crippen LogP contribution in [0.3, 0.4) is 0 Å². The van der Waals surface area contributed by atoms with Gasteiger partial charge in [0.05, 0.1) is 5.69 Å². The third-order valence-corrected chi connectivity index (χ3v) is 3.28. The minimum atomic E-state index is 0.236. The number of rotatable bonds is 4. The highest BCUT2D eigenvalue weighted by atomic mass is 14.8. The van der Waals surface area contributed by atoms with E-state index in [4.69, 9.17) is 0 Å². The van der Waals surface area contributed by atoms with Gasteiger partial charge in [-0.15, -0.1) is 0 Å². The fraction of sp³-hybridized carbons (Fsp3) is 0.500. The smallest absolute Gasteiger partial charge is 0.0667 e. The molecule has 0 fully saturated rings. The van der Waals surface area contributed by atoms with Gasteiger partial charge in [-0.05, 0) is 24.5 Å². The van der Waals surface area contributed by atoms with E-state index in [1.165, 1.54) is 36.9 Å². The second kappa shape index (κ2) is 4.18. The topological polar surface area (TPSA) is 12.4 Å². The van der Waals surface area contributed by atoms with Gasteiger partial charge in [0, 0.05) is 11.6 Å². The van der Waals surface area contributed by atoms with Crippen LogP contribution in [-0.4, -0.2) is 6.21 Å². The maximum absolute atomic E-state index is 4.57. The van der Waals surface area contributed by atoms with Crippen molar-refractivity contribution in [2.24, 2.45) is 4.99 Å². The summed E-state index contributed by atoms with van der Waals surface area (Å²) in [4.78, 5) is 4.57. The highest BCUT2D eigenvalue weighted by molar-refractivity contribution is 5.85. The molecule has 1 nitrogen and oxygen atoms in total. The third kappa shape index (κ3) is 1.71. The molecule has 0 bridgehead atoms. The molecular formula is C14H19N. The monoisotopic (exact) mass is 201 g/mol. The molecule has 1 heteroatoms. The molecule has 1 aliphatic heterocycles. The molecule has 0 aliphatic carbocycles. The molecule has 0 amide bonds. The summed E-state index contributed by atoms with van der Waals surface area (Å²) in [6.07, 6.45) is 7.08. The Labute approximate surface area is 92.2 Å². The molecular weight excluding hydrogens is 182 g/mol. The first-order valence-corrected chi connectivity index (χ1v) is 5.97. The SMILES string of the molecule is CCCC1(CCC)C=Nc2ccccc21. The number of nitrogens with zero attached hydrogens (tertiary/aromatic N) is 1. The van der Waals surface area contributed by atoms with Crippen molar-refractivity contribution >= 4 is 11.9 Å².